The number of aromatic amines is 1. The van der Waals surface area contributed by atoms with Gasteiger partial charge in [-0.05, 0) is 25.5 Å². The van der Waals surface area contributed by atoms with Crippen LogP contribution in [0.25, 0.3) is 44.1 Å². The first kappa shape index (κ1) is 32.1. The molecule has 254 valence electrons. The van der Waals surface area contributed by atoms with Crippen molar-refractivity contribution in [2.75, 3.05) is 56.6 Å². The molecule has 2 aliphatic heterocycles. The number of nitrogens with zero attached hydrogens (tertiary/aromatic N) is 6. The van der Waals surface area contributed by atoms with E-state index in [4.69, 9.17) is 5.73 Å². The summed E-state index contributed by atoms with van der Waals surface area (Å²) in [6.07, 6.45) is 5.18. The van der Waals surface area contributed by atoms with Gasteiger partial charge < -0.3 is 40.4 Å². The van der Waals surface area contributed by atoms with Crippen molar-refractivity contribution in [1.82, 2.24) is 29.7 Å². The topological polar surface area (TPSA) is 183 Å². The van der Waals surface area contributed by atoms with E-state index < -0.39 is 47.0 Å². The summed E-state index contributed by atoms with van der Waals surface area (Å²) in [5, 5.41) is 12.3. The normalized spacial score (nSPS) is 17.7. The smallest absolute Gasteiger partial charge is 0.341 e. The van der Waals surface area contributed by atoms with Gasteiger partial charge in [-0.2, -0.15) is 0 Å². The summed E-state index contributed by atoms with van der Waals surface area (Å²) in [6.45, 7) is 1.47. The number of carbonyl (C=O) groups is 3. The lowest BCUT2D eigenvalue weighted by Crippen LogP contribution is -2.40. The number of aryl methyl sites for hydroxylation is 1. The number of halogens is 2. The van der Waals surface area contributed by atoms with Gasteiger partial charge in [-0.1, -0.05) is 0 Å². The molecule has 0 radical (unpaired) electrons. The highest BCUT2D eigenvalue weighted by molar-refractivity contribution is 6.19. The lowest BCUT2D eigenvalue weighted by atomic mass is 9.99. The molecule has 14 nitrogen and oxygen atoms in total. The number of likely N-dealkylation sites (tertiary alicyclic amines) is 1. The molecule has 6 heterocycles. The second kappa shape index (κ2) is 11.9. The Labute approximate surface area is 277 Å². The third kappa shape index (κ3) is 5.14. The minimum atomic E-state index is -1.37. The number of anilines is 2. The average Bonchev–Trinajstić information content (AvgIpc) is 3.77. The molecule has 1 aromatic carbocycles. The number of likely N-dealkylation sites (N-methyl/N-ethyl adjacent to an activating group) is 2. The van der Waals surface area contributed by atoms with Gasteiger partial charge in [0.2, 0.25) is 17.2 Å². The summed E-state index contributed by atoms with van der Waals surface area (Å²) >= 11 is 0. The maximum Gasteiger partial charge on any atom is 0.341 e. The summed E-state index contributed by atoms with van der Waals surface area (Å²) < 4.78 is 33.1. The Balaban J connectivity index is 1.49. The van der Waals surface area contributed by atoms with Crippen molar-refractivity contribution in [2.24, 2.45) is 18.7 Å². The lowest BCUT2D eigenvalue weighted by molar-refractivity contribution is -0.124. The second-order valence-corrected chi connectivity index (χ2v) is 12.7. The number of rotatable bonds is 7. The molecular formula is C33H33F2N9O5. The Kier molecular flexibility index (Phi) is 7.79. The van der Waals surface area contributed by atoms with E-state index in [1.54, 1.807) is 25.5 Å². The van der Waals surface area contributed by atoms with Crippen LogP contribution < -0.4 is 26.3 Å². The maximum atomic E-state index is 16.1. The molecule has 0 aliphatic carbocycles. The molecule has 4 aromatic heterocycles. The molecule has 2 atom stereocenters. The number of aromatic carboxylic acids is 1. The number of benzene rings is 1. The first-order chi connectivity index (χ1) is 23.4. The number of aromatic nitrogens is 4. The minimum absolute atomic E-state index is 0.0309. The van der Waals surface area contributed by atoms with Gasteiger partial charge in [-0.3, -0.25) is 14.4 Å². The minimum Gasteiger partial charge on any atom is -0.477 e. The van der Waals surface area contributed by atoms with Crippen LogP contribution in [0.3, 0.4) is 0 Å². The summed E-state index contributed by atoms with van der Waals surface area (Å²) in [5.74, 6) is -4.53. The molecule has 16 heteroatoms. The zero-order valence-corrected chi connectivity index (χ0v) is 26.9. The number of carboxylic acid groups (broad SMARTS) is 1. The molecule has 2 fully saturated rings. The molecule has 7 rings (SSSR count). The predicted molar refractivity (Wildman–Crippen MR) is 179 cm³/mol. The van der Waals surface area contributed by atoms with Crippen LogP contribution in [0.4, 0.5) is 20.2 Å². The molecule has 0 spiro atoms. The Hall–Kier alpha value is -5.48. The van der Waals surface area contributed by atoms with E-state index in [2.05, 4.69) is 30.1 Å². The monoisotopic (exact) mass is 673 g/mol. The molecule has 49 heavy (non-hydrogen) atoms. The van der Waals surface area contributed by atoms with E-state index in [0.717, 1.165) is 30.5 Å². The fourth-order valence-electron chi connectivity index (χ4n) is 7.31. The molecule has 1 unspecified atom stereocenters. The number of carboxylic acids is 1. The first-order valence-electron chi connectivity index (χ1n) is 15.6. The van der Waals surface area contributed by atoms with Crippen molar-refractivity contribution in [3.63, 3.8) is 0 Å². The summed E-state index contributed by atoms with van der Waals surface area (Å²) in [6, 6.07) is 2.50. The van der Waals surface area contributed by atoms with Crippen molar-refractivity contribution in [1.29, 1.82) is 0 Å². The molecule has 5 N–H and O–H groups in total. The fourth-order valence-corrected chi connectivity index (χ4v) is 7.31. The van der Waals surface area contributed by atoms with Crippen LogP contribution in [0.1, 0.15) is 16.8 Å². The lowest BCUT2D eigenvalue weighted by Gasteiger charge is -2.29. The van der Waals surface area contributed by atoms with Crippen LogP contribution in [-0.4, -0.2) is 100 Å². The van der Waals surface area contributed by atoms with Crippen LogP contribution in [0.15, 0.2) is 35.5 Å². The Morgan fingerprint density at radius 3 is 2.65 bits per heavy atom. The third-order valence-corrected chi connectivity index (χ3v) is 9.67. The fraction of sp³-hybridized carbons (Fsp3) is 0.333. The van der Waals surface area contributed by atoms with E-state index >= 15 is 8.78 Å². The van der Waals surface area contributed by atoms with Crippen molar-refractivity contribution in [3.05, 3.63) is 58.1 Å². The zero-order chi connectivity index (χ0) is 34.9. The van der Waals surface area contributed by atoms with Gasteiger partial charge in [-0.15, -0.1) is 0 Å². The standard InChI is InChI=1S/C33H33F2N9O5/c1-41-12-15-4-5-44(22(15)14-41)29-18(16-6-17-30(47)19(33(48)49)13-42(2)32(17)39-9-16)10-38-31-26(29)25-27(35)20(34)7-21(28(25)40-31)43(3)24(46)11-37-23(45)8-36/h6-7,9-10,13,15,22H,4-5,8,11-12,14,36H2,1-3H3,(H,37,45)(H,38,40)(H,48,49)/t15?,22-/m1/s1. The van der Waals surface area contributed by atoms with Crippen molar-refractivity contribution >= 4 is 62.1 Å². The van der Waals surface area contributed by atoms with Crippen LogP contribution >= 0.6 is 0 Å². The van der Waals surface area contributed by atoms with E-state index in [1.807, 2.05) is 7.05 Å². The van der Waals surface area contributed by atoms with Gasteiger partial charge in [0.25, 0.3) is 0 Å². The number of nitrogens with two attached hydrogens (primary N) is 1. The quantitative estimate of drug-likeness (QED) is 0.199. The van der Waals surface area contributed by atoms with E-state index in [0.29, 0.717) is 29.3 Å². The molecular weight excluding hydrogens is 640 g/mol. The third-order valence-electron chi connectivity index (χ3n) is 9.67. The van der Waals surface area contributed by atoms with Crippen LogP contribution in [0.5, 0.6) is 0 Å². The summed E-state index contributed by atoms with van der Waals surface area (Å²) in [5.41, 5.74) is 6.34. The van der Waals surface area contributed by atoms with E-state index in [9.17, 15) is 24.3 Å². The van der Waals surface area contributed by atoms with Crippen molar-refractivity contribution in [3.8, 4) is 11.1 Å². The summed E-state index contributed by atoms with van der Waals surface area (Å²) in [7, 11) is 5.01. The Morgan fingerprint density at radius 1 is 1.14 bits per heavy atom. The first-order valence-corrected chi connectivity index (χ1v) is 15.6. The Bertz CT molecular complexity index is 2290. The van der Waals surface area contributed by atoms with Crippen molar-refractivity contribution < 1.29 is 28.3 Å². The predicted octanol–water partition coefficient (Wildman–Crippen LogP) is 1.78. The SMILES string of the molecule is CN1CC2CCN(c3c(-c4cnc5c(c4)c(=O)c(C(=O)O)cn5C)cnc4[nH]c5c(N(C)C(=O)CNC(=O)CN)cc(F)c(F)c5c34)[C@@H]2C1. The molecule has 0 saturated carbocycles. The number of carbonyl (C=O) groups excluding carboxylic acids is 2. The van der Waals surface area contributed by atoms with Gasteiger partial charge >= 0.3 is 5.97 Å². The number of nitrogens with one attached hydrogen (secondary N) is 2. The van der Waals surface area contributed by atoms with Crippen LogP contribution in [0, 0.1) is 17.6 Å². The molecule has 2 amide bonds. The average molecular weight is 674 g/mol. The van der Waals surface area contributed by atoms with E-state index in [1.165, 1.54) is 17.8 Å². The highest BCUT2D eigenvalue weighted by Gasteiger charge is 2.42. The van der Waals surface area contributed by atoms with Gasteiger partial charge in [0.1, 0.15) is 16.9 Å². The highest BCUT2D eigenvalue weighted by atomic mass is 19.2. The van der Waals surface area contributed by atoms with Gasteiger partial charge in [-0.25, -0.2) is 23.5 Å². The summed E-state index contributed by atoms with van der Waals surface area (Å²) in [4.78, 5) is 67.6. The number of pyridine rings is 3. The second-order valence-electron chi connectivity index (χ2n) is 12.7. The number of hydrogen-bond acceptors (Lipinski definition) is 9. The number of hydrogen-bond donors (Lipinski definition) is 4. The van der Waals surface area contributed by atoms with Gasteiger partial charge in [0, 0.05) is 75.6 Å². The molecule has 2 aliphatic rings. The molecule has 5 aromatic rings. The number of amides is 2. The van der Waals surface area contributed by atoms with Crippen LogP contribution in [-0.2, 0) is 16.6 Å². The van der Waals surface area contributed by atoms with Gasteiger partial charge in [0.05, 0.1) is 46.1 Å². The maximum absolute atomic E-state index is 16.1. The van der Waals surface area contributed by atoms with E-state index in [-0.39, 0.29) is 51.2 Å². The Morgan fingerprint density at radius 2 is 1.92 bits per heavy atom. The van der Waals surface area contributed by atoms with Crippen molar-refractivity contribution in [2.45, 2.75) is 12.5 Å². The van der Waals surface area contributed by atoms with Gasteiger partial charge in [0.15, 0.2) is 11.6 Å². The number of fused-ring (bicyclic) bond motifs is 5. The zero-order valence-electron chi connectivity index (χ0n) is 26.9. The molecule has 0 bridgehead atoms. The largest absolute Gasteiger partial charge is 0.477 e. The number of H-pyrrole nitrogens is 1. The molecule has 2 saturated heterocycles. The van der Waals surface area contributed by atoms with Crippen LogP contribution in [0.2, 0.25) is 0 Å². The highest BCUT2D eigenvalue weighted by Crippen LogP contribution is 2.47.